The third-order valence-electron chi connectivity index (χ3n) is 4.26. The Labute approximate surface area is 132 Å². The maximum atomic E-state index is 12.2. The van der Waals surface area contributed by atoms with Crippen LogP contribution in [-0.4, -0.2) is 55.4 Å². The van der Waals surface area contributed by atoms with Crippen LogP contribution in [-0.2, 0) is 24.2 Å². The van der Waals surface area contributed by atoms with Crippen LogP contribution >= 0.6 is 0 Å². The minimum atomic E-state index is -3.04. The number of nitrogens with zero attached hydrogens (tertiary/aromatic N) is 1. The van der Waals surface area contributed by atoms with Crippen LogP contribution in [0.1, 0.15) is 40.0 Å². The van der Waals surface area contributed by atoms with Gasteiger partial charge in [0.25, 0.3) is 0 Å². The number of esters is 1. The van der Waals surface area contributed by atoms with E-state index in [0.29, 0.717) is 12.3 Å². The second kappa shape index (κ2) is 6.56. The summed E-state index contributed by atoms with van der Waals surface area (Å²) < 4.78 is 28.5. The van der Waals surface area contributed by atoms with Crippen molar-refractivity contribution >= 4 is 21.7 Å². The molecular weight excluding hydrogens is 306 g/mol. The SMILES string of the molecule is CC(C)C[C@H](C)OC(=O)[C@@H]1CC(=O)N([C@@H]2CCS(=O)(=O)C2)C1. The van der Waals surface area contributed by atoms with E-state index in [1.807, 2.05) is 6.92 Å². The van der Waals surface area contributed by atoms with Gasteiger partial charge in [-0.1, -0.05) is 13.8 Å². The molecule has 2 aliphatic rings. The predicted molar refractivity (Wildman–Crippen MR) is 81.9 cm³/mol. The highest BCUT2D eigenvalue weighted by atomic mass is 32.2. The van der Waals surface area contributed by atoms with Crippen molar-refractivity contribution in [3.63, 3.8) is 0 Å². The molecule has 0 saturated carbocycles. The van der Waals surface area contributed by atoms with Gasteiger partial charge in [-0.25, -0.2) is 8.42 Å². The lowest BCUT2D eigenvalue weighted by molar-refractivity contribution is -0.153. The largest absolute Gasteiger partial charge is 0.462 e. The van der Waals surface area contributed by atoms with Crippen LogP contribution in [0.2, 0.25) is 0 Å². The van der Waals surface area contributed by atoms with E-state index >= 15 is 0 Å². The molecule has 0 spiro atoms. The van der Waals surface area contributed by atoms with Gasteiger partial charge < -0.3 is 9.64 Å². The number of ether oxygens (including phenoxy) is 1. The van der Waals surface area contributed by atoms with Crippen LogP contribution in [0, 0.1) is 11.8 Å². The minimum Gasteiger partial charge on any atom is -0.462 e. The molecule has 7 heteroatoms. The molecule has 2 heterocycles. The van der Waals surface area contributed by atoms with E-state index in [4.69, 9.17) is 4.74 Å². The summed E-state index contributed by atoms with van der Waals surface area (Å²) in [6.07, 6.45) is 1.23. The number of rotatable bonds is 5. The molecule has 22 heavy (non-hydrogen) atoms. The molecule has 2 rings (SSSR count). The second-order valence-corrected chi connectivity index (χ2v) is 9.11. The highest BCUT2D eigenvalue weighted by Gasteiger charge is 2.42. The second-order valence-electron chi connectivity index (χ2n) is 6.88. The number of likely N-dealkylation sites (tertiary alicyclic amines) is 1. The molecule has 3 atom stereocenters. The molecule has 2 saturated heterocycles. The van der Waals surface area contributed by atoms with Gasteiger partial charge in [-0.15, -0.1) is 0 Å². The lowest BCUT2D eigenvalue weighted by atomic mass is 10.1. The van der Waals surface area contributed by atoms with Crippen molar-refractivity contribution in [2.45, 2.75) is 52.2 Å². The molecule has 2 fully saturated rings. The molecule has 0 aliphatic carbocycles. The molecule has 0 unspecified atom stereocenters. The van der Waals surface area contributed by atoms with Gasteiger partial charge in [0.05, 0.1) is 23.5 Å². The molecule has 126 valence electrons. The zero-order chi connectivity index (χ0) is 16.5. The Morgan fingerprint density at radius 2 is 2.05 bits per heavy atom. The Kier molecular flexibility index (Phi) is 5.14. The van der Waals surface area contributed by atoms with Gasteiger partial charge in [-0.2, -0.15) is 0 Å². The van der Waals surface area contributed by atoms with Crippen LogP contribution < -0.4 is 0 Å². The summed E-state index contributed by atoms with van der Waals surface area (Å²) in [6, 6.07) is -0.275. The molecule has 0 aromatic carbocycles. The van der Waals surface area contributed by atoms with Crippen LogP contribution in [0.5, 0.6) is 0 Å². The highest BCUT2D eigenvalue weighted by Crippen LogP contribution is 2.27. The van der Waals surface area contributed by atoms with E-state index in [1.165, 1.54) is 0 Å². The highest BCUT2D eigenvalue weighted by molar-refractivity contribution is 7.91. The quantitative estimate of drug-likeness (QED) is 0.702. The molecule has 0 bridgehead atoms. The van der Waals surface area contributed by atoms with Crippen molar-refractivity contribution in [2.24, 2.45) is 11.8 Å². The summed E-state index contributed by atoms with van der Waals surface area (Å²) in [5, 5.41) is 0. The summed E-state index contributed by atoms with van der Waals surface area (Å²) >= 11 is 0. The summed E-state index contributed by atoms with van der Waals surface area (Å²) in [4.78, 5) is 25.8. The number of carbonyl (C=O) groups is 2. The summed E-state index contributed by atoms with van der Waals surface area (Å²) in [5.41, 5.74) is 0. The lowest BCUT2D eigenvalue weighted by Gasteiger charge is -2.23. The first-order valence-corrected chi connectivity index (χ1v) is 9.70. The van der Waals surface area contributed by atoms with Gasteiger partial charge in [-0.3, -0.25) is 9.59 Å². The first-order chi connectivity index (χ1) is 10.2. The fraction of sp³-hybridized carbons (Fsp3) is 0.867. The van der Waals surface area contributed by atoms with E-state index in [-0.39, 0.29) is 48.5 Å². The monoisotopic (exact) mass is 331 g/mol. The average Bonchev–Trinajstić information content (AvgIpc) is 2.91. The molecule has 0 aromatic heterocycles. The van der Waals surface area contributed by atoms with Gasteiger partial charge in [0.1, 0.15) is 0 Å². The van der Waals surface area contributed by atoms with Crippen LogP contribution in [0.3, 0.4) is 0 Å². The smallest absolute Gasteiger partial charge is 0.311 e. The lowest BCUT2D eigenvalue weighted by Crippen LogP contribution is -2.38. The normalized spacial score (nSPS) is 29.1. The molecular formula is C15H25NO5S. The van der Waals surface area contributed by atoms with Crippen molar-refractivity contribution in [3.8, 4) is 0 Å². The van der Waals surface area contributed by atoms with Gasteiger partial charge in [-0.05, 0) is 25.7 Å². The van der Waals surface area contributed by atoms with Gasteiger partial charge in [0.15, 0.2) is 9.84 Å². The number of carbonyl (C=O) groups excluding carboxylic acids is 2. The van der Waals surface area contributed by atoms with E-state index in [9.17, 15) is 18.0 Å². The van der Waals surface area contributed by atoms with Crippen LogP contribution in [0.4, 0.5) is 0 Å². The summed E-state index contributed by atoms with van der Waals surface area (Å²) in [5.74, 6) is -0.365. The van der Waals surface area contributed by atoms with Crippen LogP contribution in [0.15, 0.2) is 0 Å². The first-order valence-electron chi connectivity index (χ1n) is 7.88. The Bertz CT molecular complexity index is 542. The Balaban J connectivity index is 1.90. The Morgan fingerprint density at radius 1 is 1.36 bits per heavy atom. The zero-order valence-electron chi connectivity index (χ0n) is 13.4. The maximum absolute atomic E-state index is 12.2. The fourth-order valence-electron chi connectivity index (χ4n) is 3.27. The number of sulfone groups is 1. The van der Waals surface area contributed by atoms with Crippen molar-refractivity contribution < 1.29 is 22.7 Å². The third kappa shape index (κ3) is 4.21. The van der Waals surface area contributed by atoms with E-state index in [1.54, 1.807) is 4.90 Å². The molecule has 2 aliphatic heterocycles. The summed E-state index contributed by atoms with van der Waals surface area (Å²) in [7, 11) is -3.04. The molecule has 0 aromatic rings. The molecule has 0 N–H and O–H groups in total. The Morgan fingerprint density at radius 3 is 2.59 bits per heavy atom. The van der Waals surface area contributed by atoms with Gasteiger partial charge in [0.2, 0.25) is 5.91 Å². The van der Waals surface area contributed by atoms with Crippen molar-refractivity contribution in [2.75, 3.05) is 18.1 Å². The zero-order valence-corrected chi connectivity index (χ0v) is 14.3. The standard InChI is InChI=1S/C15H25NO5S/c1-10(2)6-11(3)21-15(18)12-7-14(17)16(8-12)13-4-5-22(19,20)9-13/h10-13H,4-9H2,1-3H3/t11-,12+,13+/m0/s1. The topological polar surface area (TPSA) is 80.8 Å². The van der Waals surface area contributed by atoms with Crippen molar-refractivity contribution in [1.82, 2.24) is 4.90 Å². The number of amides is 1. The molecule has 6 nitrogen and oxygen atoms in total. The van der Waals surface area contributed by atoms with Gasteiger partial charge >= 0.3 is 5.97 Å². The molecule has 1 amide bonds. The summed E-state index contributed by atoms with van der Waals surface area (Å²) in [6.45, 7) is 6.26. The number of hydrogen-bond acceptors (Lipinski definition) is 5. The first kappa shape index (κ1) is 17.2. The maximum Gasteiger partial charge on any atom is 0.311 e. The van der Waals surface area contributed by atoms with Crippen molar-refractivity contribution in [3.05, 3.63) is 0 Å². The van der Waals surface area contributed by atoms with E-state index < -0.39 is 15.8 Å². The minimum absolute atomic E-state index is 0.0181. The molecule has 0 radical (unpaired) electrons. The third-order valence-corrected chi connectivity index (χ3v) is 6.01. The van der Waals surface area contributed by atoms with Crippen LogP contribution in [0.25, 0.3) is 0 Å². The van der Waals surface area contributed by atoms with E-state index in [2.05, 4.69) is 13.8 Å². The Hall–Kier alpha value is -1.11. The number of hydrogen-bond donors (Lipinski definition) is 0. The predicted octanol–water partition coefficient (Wildman–Crippen LogP) is 1.000. The fourth-order valence-corrected chi connectivity index (χ4v) is 5.00. The van der Waals surface area contributed by atoms with Gasteiger partial charge in [0, 0.05) is 19.0 Å². The van der Waals surface area contributed by atoms with E-state index in [0.717, 1.165) is 6.42 Å². The average molecular weight is 331 g/mol. The van der Waals surface area contributed by atoms with Crippen molar-refractivity contribution in [1.29, 1.82) is 0 Å².